The Hall–Kier alpha value is -5.28. The van der Waals surface area contributed by atoms with Crippen LogP contribution in [0.1, 0.15) is 43.9 Å². The van der Waals surface area contributed by atoms with E-state index in [1.54, 1.807) is 12.3 Å². The summed E-state index contributed by atoms with van der Waals surface area (Å²) in [6.07, 6.45) is 8.88. The molecule has 0 radical (unpaired) electrons. The lowest BCUT2D eigenvalue weighted by atomic mass is 9.71. The van der Waals surface area contributed by atoms with Gasteiger partial charge in [-0.2, -0.15) is 9.97 Å². The number of phenols is 1. The van der Waals surface area contributed by atoms with E-state index >= 15 is 4.39 Å². The maximum Gasteiger partial charge on any atom is 0.319 e. The van der Waals surface area contributed by atoms with Crippen molar-refractivity contribution in [2.75, 3.05) is 30.4 Å². The molecule has 9 rings (SSSR count). The molecule has 6 heterocycles. The lowest BCUT2D eigenvalue weighted by molar-refractivity contribution is 0.0785. The second-order valence-electron chi connectivity index (χ2n) is 12.7. The number of terminal acetylenes is 1. The van der Waals surface area contributed by atoms with E-state index in [2.05, 4.69) is 20.9 Å². The van der Waals surface area contributed by atoms with Crippen LogP contribution in [0.5, 0.6) is 17.6 Å². The summed E-state index contributed by atoms with van der Waals surface area (Å²) in [5.41, 5.74) is 6.57. The van der Waals surface area contributed by atoms with Gasteiger partial charge in [0.05, 0.1) is 37.5 Å². The summed E-state index contributed by atoms with van der Waals surface area (Å²) in [6.45, 7) is 5.03. The number of nitrogens with zero attached hydrogens (tertiary/aromatic N) is 5. The highest BCUT2D eigenvalue weighted by Gasteiger charge is 2.52. The van der Waals surface area contributed by atoms with Crippen LogP contribution >= 0.6 is 0 Å². The Labute approximate surface area is 268 Å². The maximum atomic E-state index is 17.1. The molecule has 1 aliphatic carbocycles. The standard InChI is InChI=1S/C35H30F2N6O4/c1-4-22-25(36)8-7-19-10-20(44)11-24(26(19)22)29-28(37)30-27-32(42-34(41-30)46-16-35-12-21(13-35)45-15-35)43(14-17(2)47-33(27)40-29)18(3)23-6-5-9-39-31(23)38/h1,5-11,17-18,21,44H,12-16H2,2-3H3,(H2,38,39)/t17-,18?,21?,35?/m0/s1. The van der Waals surface area contributed by atoms with Gasteiger partial charge in [0.25, 0.3) is 0 Å². The first-order valence-electron chi connectivity index (χ1n) is 15.4. The average molecular weight is 637 g/mol. The van der Waals surface area contributed by atoms with Gasteiger partial charge >= 0.3 is 6.01 Å². The molecule has 10 nitrogen and oxygen atoms in total. The summed E-state index contributed by atoms with van der Waals surface area (Å²) in [6, 6.07) is 8.69. The minimum absolute atomic E-state index is 0.0266. The zero-order valence-corrected chi connectivity index (χ0v) is 25.6. The SMILES string of the molecule is C#Cc1c(F)ccc2cc(O)cc(-c3nc4c5c(nc(OCC67COC(C6)C7)nc5c3F)N(C(C)c3cccnc3N)C[C@H](C)O4)c12. The molecular weight excluding hydrogens is 606 g/mol. The van der Waals surface area contributed by atoms with Crippen molar-refractivity contribution < 1.29 is 28.1 Å². The van der Waals surface area contributed by atoms with Gasteiger partial charge in [0.2, 0.25) is 5.88 Å². The molecule has 2 saturated heterocycles. The molecule has 5 aromatic rings. The second kappa shape index (κ2) is 10.6. The summed E-state index contributed by atoms with van der Waals surface area (Å²) in [5, 5.41) is 11.5. The number of pyridine rings is 2. The van der Waals surface area contributed by atoms with Gasteiger partial charge in [0, 0.05) is 28.1 Å². The second-order valence-corrected chi connectivity index (χ2v) is 12.7. The topological polar surface area (TPSA) is 129 Å². The molecule has 2 bridgehead atoms. The molecule has 4 aliphatic rings. The quantitative estimate of drug-likeness (QED) is 0.224. The molecule has 3 fully saturated rings. The van der Waals surface area contributed by atoms with Crippen molar-refractivity contribution in [3.05, 3.63) is 65.4 Å². The highest BCUT2D eigenvalue weighted by atomic mass is 19.1. The number of nitrogen functional groups attached to an aromatic ring is 1. The number of ether oxygens (including phenoxy) is 3. The van der Waals surface area contributed by atoms with Crippen molar-refractivity contribution >= 4 is 33.3 Å². The Bertz CT molecular complexity index is 2140. The first-order chi connectivity index (χ1) is 22.6. The van der Waals surface area contributed by atoms with Crippen LogP contribution in [-0.2, 0) is 4.74 Å². The smallest absolute Gasteiger partial charge is 0.319 e. The molecule has 3 N–H and O–H groups in total. The van der Waals surface area contributed by atoms with Gasteiger partial charge in [-0.15, -0.1) is 6.42 Å². The Morgan fingerprint density at radius 1 is 1.19 bits per heavy atom. The van der Waals surface area contributed by atoms with Crippen LogP contribution in [0.4, 0.5) is 20.4 Å². The highest BCUT2D eigenvalue weighted by Crippen LogP contribution is 2.50. The fraction of sp³-hybridized carbons (Fsp3) is 0.314. The minimum atomic E-state index is -0.839. The molecule has 47 heavy (non-hydrogen) atoms. The Morgan fingerprint density at radius 2 is 2.02 bits per heavy atom. The summed E-state index contributed by atoms with van der Waals surface area (Å²) in [5.74, 6) is 1.46. The number of aromatic hydroxyl groups is 1. The van der Waals surface area contributed by atoms with Crippen LogP contribution in [0.2, 0.25) is 0 Å². The van der Waals surface area contributed by atoms with Crippen LogP contribution < -0.4 is 20.1 Å². The molecular formula is C35H30F2N6O4. The van der Waals surface area contributed by atoms with Gasteiger partial charge < -0.3 is 30.0 Å². The molecule has 2 atom stereocenters. The predicted molar refractivity (Wildman–Crippen MR) is 171 cm³/mol. The fourth-order valence-corrected chi connectivity index (χ4v) is 7.09. The van der Waals surface area contributed by atoms with Crippen LogP contribution in [-0.4, -0.2) is 57.0 Å². The van der Waals surface area contributed by atoms with Crippen LogP contribution in [0.15, 0.2) is 42.6 Å². The number of halogens is 2. The van der Waals surface area contributed by atoms with E-state index in [1.165, 1.54) is 24.3 Å². The van der Waals surface area contributed by atoms with Crippen molar-refractivity contribution in [2.24, 2.45) is 5.41 Å². The molecule has 3 aliphatic heterocycles. The van der Waals surface area contributed by atoms with E-state index in [-0.39, 0.29) is 68.3 Å². The Kier molecular flexibility index (Phi) is 6.59. The van der Waals surface area contributed by atoms with Crippen molar-refractivity contribution in [1.29, 1.82) is 0 Å². The van der Waals surface area contributed by atoms with Crippen LogP contribution in [0.25, 0.3) is 32.9 Å². The van der Waals surface area contributed by atoms with E-state index < -0.39 is 17.7 Å². The highest BCUT2D eigenvalue weighted by molar-refractivity contribution is 6.04. The normalized spacial score (nSPS) is 22.0. The molecule has 2 aromatic carbocycles. The lowest BCUT2D eigenvalue weighted by Gasteiger charge is -2.34. The summed E-state index contributed by atoms with van der Waals surface area (Å²) >= 11 is 0. The van der Waals surface area contributed by atoms with Gasteiger partial charge in [-0.05, 0) is 56.3 Å². The number of anilines is 2. The molecule has 1 saturated carbocycles. The number of rotatable bonds is 6. The third-order valence-corrected chi connectivity index (χ3v) is 9.45. The van der Waals surface area contributed by atoms with E-state index in [0.29, 0.717) is 36.8 Å². The van der Waals surface area contributed by atoms with E-state index in [1.807, 2.05) is 24.8 Å². The third-order valence-electron chi connectivity index (χ3n) is 9.45. The number of hydrogen-bond acceptors (Lipinski definition) is 10. The molecule has 1 unspecified atom stereocenters. The number of hydrogen-bond donors (Lipinski definition) is 2. The summed E-state index contributed by atoms with van der Waals surface area (Å²) in [7, 11) is 0. The Morgan fingerprint density at radius 3 is 2.77 bits per heavy atom. The number of phenolic OH excluding ortho intramolecular Hbond substituents is 1. The number of aromatic nitrogens is 4. The fourth-order valence-electron chi connectivity index (χ4n) is 7.09. The van der Waals surface area contributed by atoms with Crippen molar-refractivity contribution in [3.8, 4) is 41.2 Å². The average Bonchev–Trinajstić information content (AvgIpc) is 3.61. The number of benzene rings is 2. The van der Waals surface area contributed by atoms with E-state index in [0.717, 1.165) is 18.4 Å². The molecule has 238 valence electrons. The molecule has 3 aromatic heterocycles. The monoisotopic (exact) mass is 636 g/mol. The first kappa shape index (κ1) is 29.1. The predicted octanol–water partition coefficient (Wildman–Crippen LogP) is 5.69. The van der Waals surface area contributed by atoms with Crippen molar-refractivity contribution in [2.45, 2.75) is 44.9 Å². The zero-order valence-electron chi connectivity index (χ0n) is 25.6. The summed E-state index contributed by atoms with van der Waals surface area (Å²) < 4.78 is 50.3. The van der Waals surface area contributed by atoms with E-state index in [9.17, 15) is 9.50 Å². The van der Waals surface area contributed by atoms with Gasteiger partial charge in [0.15, 0.2) is 5.82 Å². The Balaban J connectivity index is 1.37. The third kappa shape index (κ3) is 4.64. The number of nitrogens with two attached hydrogens (primary N) is 1. The first-order valence-corrected chi connectivity index (χ1v) is 15.4. The van der Waals surface area contributed by atoms with Crippen molar-refractivity contribution in [1.82, 2.24) is 19.9 Å². The van der Waals surface area contributed by atoms with Gasteiger partial charge in [-0.3, -0.25) is 0 Å². The van der Waals surface area contributed by atoms with Gasteiger partial charge in [-0.25, -0.2) is 18.7 Å². The minimum Gasteiger partial charge on any atom is -0.508 e. The summed E-state index contributed by atoms with van der Waals surface area (Å²) in [4.78, 5) is 20.3. The maximum absolute atomic E-state index is 17.1. The lowest BCUT2D eigenvalue weighted by Crippen LogP contribution is -2.38. The van der Waals surface area contributed by atoms with Crippen LogP contribution in [0, 0.1) is 29.4 Å². The van der Waals surface area contributed by atoms with Crippen LogP contribution in [0.3, 0.4) is 0 Å². The zero-order chi connectivity index (χ0) is 32.6. The van der Waals surface area contributed by atoms with Crippen molar-refractivity contribution in [3.63, 3.8) is 0 Å². The number of fused-ring (bicyclic) bond motifs is 2. The molecule has 0 spiro atoms. The molecule has 12 heteroatoms. The van der Waals surface area contributed by atoms with E-state index in [4.69, 9.17) is 31.4 Å². The van der Waals surface area contributed by atoms with Gasteiger partial charge in [-0.1, -0.05) is 18.1 Å². The molecule has 0 amide bonds. The largest absolute Gasteiger partial charge is 0.508 e. The van der Waals surface area contributed by atoms with Gasteiger partial charge in [0.1, 0.15) is 45.9 Å².